The summed E-state index contributed by atoms with van der Waals surface area (Å²) in [6.45, 7) is 3.39. The molecule has 1 aliphatic heterocycles. The SMILES string of the molecule is CCN(Cc1ccc(S(=O)(=O)NC)cc1)C1CCS(=O)(=O)C1. The van der Waals surface area contributed by atoms with Crippen LogP contribution in [-0.4, -0.2) is 52.9 Å². The molecule has 1 fully saturated rings. The van der Waals surface area contributed by atoms with E-state index in [-0.39, 0.29) is 22.4 Å². The molecule has 0 bridgehead atoms. The highest BCUT2D eigenvalue weighted by molar-refractivity contribution is 7.91. The number of sulfonamides is 1. The molecule has 1 N–H and O–H groups in total. The van der Waals surface area contributed by atoms with Gasteiger partial charge in [0.05, 0.1) is 16.4 Å². The zero-order valence-corrected chi connectivity index (χ0v) is 14.5. The molecule has 1 aromatic rings. The third-order valence-electron chi connectivity index (χ3n) is 4.02. The molecule has 22 heavy (non-hydrogen) atoms. The average Bonchev–Trinajstić information content (AvgIpc) is 2.85. The quantitative estimate of drug-likeness (QED) is 0.816. The van der Waals surface area contributed by atoms with E-state index in [2.05, 4.69) is 9.62 Å². The van der Waals surface area contributed by atoms with Crippen molar-refractivity contribution in [2.45, 2.75) is 30.8 Å². The van der Waals surface area contributed by atoms with Crippen LogP contribution in [0.4, 0.5) is 0 Å². The van der Waals surface area contributed by atoms with Crippen molar-refractivity contribution in [3.63, 3.8) is 0 Å². The Bertz CT molecular complexity index is 712. The summed E-state index contributed by atoms with van der Waals surface area (Å²) >= 11 is 0. The molecule has 0 spiro atoms. The van der Waals surface area contributed by atoms with Crippen LogP contribution in [0.15, 0.2) is 29.2 Å². The molecule has 1 atom stereocenters. The Morgan fingerprint density at radius 3 is 2.36 bits per heavy atom. The maximum absolute atomic E-state index is 11.7. The molecule has 8 heteroatoms. The molecule has 6 nitrogen and oxygen atoms in total. The summed E-state index contributed by atoms with van der Waals surface area (Å²) in [5.74, 6) is 0.473. The third-order valence-corrected chi connectivity index (χ3v) is 7.20. The van der Waals surface area contributed by atoms with Gasteiger partial charge in [0.15, 0.2) is 9.84 Å². The lowest BCUT2D eigenvalue weighted by Gasteiger charge is -2.26. The summed E-state index contributed by atoms with van der Waals surface area (Å²) in [7, 11) is -4.95. The smallest absolute Gasteiger partial charge is 0.240 e. The summed E-state index contributed by atoms with van der Waals surface area (Å²) < 4.78 is 48.8. The third kappa shape index (κ3) is 4.07. The van der Waals surface area contributed by atoms with E-state index in [9.17, 15) is 16.8 Å². The number of nitrogens with zero attached hydrogens (tertiary/aromatic N) is 1. The van der Waals surface area contributed by atoms with Gasteiger partial charge in [-0.05, 0) is 37.7 Å². The second kappa shape index (κ2) is 6.66. The lowest BCUT2D eigenvalue weighted by atomic mass is 10.1. The summed E-state index contributed by atoms with van der Waals surface area (Å²) in [4.78, 5) is 2.36. The Balaban J connectivity index is 2.09. The summed E-state index contributed by atoms with van der Waals surface area (Å²) in [6.07, 6.45) is 0.669. The van der Waals surface area contributed by atoms with Gasteiger partial charge in [0.2, 0.25) is 10.0 Å². The highest BCUT2D eigenvalue weighted by Crippen LogP contribution is 2.20. The normalized spacial score (nSPS) is 21.3. The molecular formula is C14H22N2O4S2. The van der Waals surface area contributed by atoms with E-state index >= 15 is 0 Å². The standard InChI is InChI=1S/C14H22N2O4S2/c1-3-16(13-8-9-21(17,18)11-13)10-12-4-6-14(7-5-12)22(19,20)15-2/h4-7,13,15H,3,8-11H2,1-2H3. The number of hydrogen-bond donors (Lipinski definition) is 1. The van der Waals surface area contributed by atoms with Crippen molar-refractivity contribution in [1.29, 1.82) is 0 Å². The first-order valence-corrected chi connectivity index (χ1v) is 10.5. The lowest BCUT2D eigenvalue weighted by molar-refractivity contribution is 0.215. The molecule has 1 aromatic carbocycles. The van der Waals surface area contributed by atoms with E-state index in [4.69, 9.17) is 0 Å². The molecule has 0 amide bonds. The number of hydrogen-bond acceptors (Lipinski definition) is 5. The van der Waals surface area contributed by atoms with E-state index in [1.165, 1.54) is 7.05 Å². The zero-order chi connectivity index (χ0) is 16.4. The molecule has 1 aliphatic rings. The van der Waals surface area contributed by atoms with Crippen molar-refractivity contribution in [2.75, 3.05) is 25.1 Å². The van der Waals surface area contributed by atoms with Crippen LogP contribution >= 0.6 is 0 Å². The van der Waals surface area contributed by atoms with Gasteiger partial charge in [0.25, 0.3) is 0 Å². The predicted octanol–water partition coefficient (Wildman–Crippen LogP) is 0.604. The van der Waals surface area contributed by atoms with E-state index in [1.54, 1.807) is 24.3 Å². The van der Waals surface area contributed by atoms with Gasteiger partial charge in [-0.3, -0.25) is 4.90 Å². The predicted molar refractivity (Wildman–Crippen MR) is 85.8 cm³/mol. The monoisotopic (exact) mass is 346 g/mol. The van der Waals surface area contributed by atoms with Gasteiger partial charge in [-0.25, -0.2) is 21.6 Å². The van der Waals surface area contributed by atoms with Gasteiger partial charge >= 0.3 is 0 Å². The van der Waals surface area contributed by atoms with Crippen LogP contribution in [0.3, 0.4) is 0 Å². The first-order valence-electron chi connectivity index (χ1n) is 7.24. The van der Waals surface area contributed by atoms with Crippen LogP contribution in [0.1, 0.15) is 18.9 Å². The highest BCUT2D eigenvalue weighted by Gasteiger charge is 2.31. The minimum absolute atomic E-state index is 0.0516. The fraction of sp³-hybridized carbons (Fsp3) is 0.571. The minimum Gasteiger partial charge on any atom is -0.295 e. The maximum Gasteiger partial charge on any atom is 0.240 e. The Morgan fingerprint density at radius 2 is 1.91 bits per heavy atom. The van der Waals surface area contributed by atoms with Crippen molar-refractivity contribution in [1.82, 2.24) is 9.62 Å². The van der Waals surface area contributed by atoms with Gasteiger partial charge in [-0.2, -0.15) is 0 Å². The van der Waals surface area contributed by atoms with Crippen molar-refractivity contribution >= 4 is 19.9 Å². The van der Waals surface area contributed by atoms with Gasteiger partial charge in [0, 0.05) is 12.6 Å². The fourth-order valence-electron chi connectivity index (χ4n) is 2.69. The Kier molecular flexibility index (Phi) is 5.26. The van der Waals surface area contributed by atoms with Crippen molar-refractivity contribution in [2.24, 2.45) is 0 Å². The maximum atomic E-state index is 11.7. The van der Waals surface area contributed by atoms with Gasteiger partial charge in [0.1, 0.15) is 0 Å². The van der Waals surface area contributed by atoms with E-state index in [1.807, 2.05) is 6.92 Å². The highest BCUT2D eigenvalue weighted by atomic mass is 32.2. The molecule has 1 unspecified atom stereocenters. The molecule has 0 aliphatic carbocycles. The van der Waals surface area contributed by atoms with E-state index in [0.717, 1.165) is 12.1 Å². The van der Waals surface area contributed by atoms with Gasteiger partial charge in [-0.15, -0.1) is 0 Å². The topological polar surface area (TPSA) is 83.6 Å². The Labute approximate surface area is 132 Å². The van der Waals surface area contributed by atoms with Crippen LogP contribution in [0.25, 0.3) is 0 Å². The summed E-state index contributed by atoms with van der Waals surface area (Å²) in [6, 6.07) is 6.74. The molecule has 124 valence electrons. The Hall–Kier alpha value is -0.960. The van der Waals surface area contributed by atoms with E-state index < -0.39 is 19.9 Å². The minimum atomic E-state index is -3.42. The van der Waals surface area contributed by atoms with Crippen LogP contribution in [0, 0.1) is 0 Å². The van der Waals surface area contributed by atoms with Crippen LogP contribution in [-0.2, 0) is 26.4 Å². The Morgan fingerprint density at radius 1 is 1.27 bits per heavy atom. The molecular weight excluding hydrogens is 324 g/mol. The van der Waals surface area contributed by atoms with Gasteiger partial charge < -0.3 is 0 Å². The van der Waals surface area contributed by atoms with Crippen molar-refractivity contribution in [3.8, 4) is 0 Å². The average molecular weight is 346 g/mol. The number of benzene rings is 1. The summed E-state index contributed by atoms with van der Waals surface area (Å²) in [5.41, 5.74) is 0.973. The molecule has 2 rings (SSSR count). The van der Waals surface area contributed by atoms with Crippen molar-refractivity contribution in [3.05, 3.63) is 29.8 Å². The molecule has 1 heterocycles. The number of nitrogens with one attached hydrogen (secondary N) is 1. The molecule has 0 saturated carbocycles. The largest absolute Gasteiger partial charge is 0.295 e. The van der Waals surface area contributed by atoms with Crippen LogP contribution < -0.4 is 4.72 Å². The van der Waals surface area contributed by atoms with E-state index in [0.29, 0.717) is 13.0 Å². The summed E-state index contributed by atoms with van der Waals surface area (Å²) in [5, 5.41) is 0. The second-order valence-corrected chi connectivity index (χ2v) is 9.59. The number of rotatable bonds is 6. The lowest BCUT2D eigenvalue weighted by Crippen LogP contribution is -2.35. The van der Waals surface area contributed by atoms with Crippen LogP contribution in [0.2, 0.25) is 0 Å². The van der Waals surface area contributed by atoms with Crippen molar-refractivity contribution < 1.29 is 16.8 Å². The fourth-order valence-corrected chi connectivity index (χ4v) is 5.18. The first kappa shape index (κ1) is 17.4. The molecule has 1 saturated heterocycles. The van der Waals surface area contributed by atoms with Gasteiger partial charge in [-0.1, -0.05) is 19.1 Å². The molecule has 0 aromatic heterocycles. The first-order chi connectivity index (χ1) is 10.3. The second-order valence-electron chi connectivity index (χ2n) is 5.47. The zero-order valence-electron chi connectivity index (χ0n) is 12.8. The molecule has 0 radical (unpaired) electrons. The van der Waals surface area contributed by atoms with Crippen LogP contribution in [0.5, 0.6) is 0 Å². The number of sulfone groups is 1.